The lowest BCUT2D eigenvalue weighted by Gasteiger charge is -2.36. The Morgan fingerprint density at radius 2 is 1.43 bits per heavy atom. The molecule has 2 saturated heterocycles. The number of nitrogens with zero attached hydrogens (tertiary/aromatic N) is 2. The molecular weight excluding hydrogens is 675 g/mol. The highest BCUT2D eigenvalue weighted by molar-refractivity contribution is 5.95. The Morgan fingerprint density at radius 1 is 0.830 bits per heavy atom. The van der Waals surface area contributed by atoms with E-state index in [0.29, 0.717) is 18.5 Å². The van der Waals surface area contributed by atoms with Crippen LogP contribution >= 0.6 is 0 Å². The molecule has 5 unspecified atom stereocenters. The highest BCUT2D eigenvalue weighted by Gasteiger charge is 2.39. The van der Waals surface area contributed by atoms with Crippen molar-refractivity contribution in [2.45, 2.75) is 56.3 Å². The van der Waals surface area contributed by atoms with E-state index in [0.717, 1.165) is 39.1 Å². The first-order chi connectivity index (χ1) is 25.6. The molecule has 5 N–H and O–H groups in total. The van der Waals surface area contributed by atoms with E-state index in [1.165, 1.54) is 12.1 Å². The van der Waals surface area contributed by atoms with Crippen LogP contribution < -0.4 is 4.90 Å². The fourth-order valence-corrected chi connectivity index (χ4v) is 6.84. The molecule has 2 aliphatic heterocycles. The third-order valence-corrected chi connectivity index (χ3v) is 9.94. The average molecular weight is 721 g/mol. The summed E-state index contributed by atoms with van der Waals surface area (Å²) in [6.45, 7) is 1.95. The number of ether oxygens (including phenoxy) is 1. The first-order valence-electron chi connectivity index (χ1n) is 17.8. The standard InChI is InChI=1S/C34H34N2O6.C9H11FO/c1-35-19-28(36(34(35)41)26-14-11-22(12-15-26)21-5-3-2-4-6-21)27-16-13-25(17-29(27)38)23-7-9-24(10-8-23)31-18-30(39)33(40)32(20-37)42-31;1-2-9(11)7-3-5-8(10)6-4-7/h2-17,28,30-33,37-40H,18-20H2,1H3;3-6,9,11H,2H2,1H3/t28?,30?,31?,32?,33-;/m0./s1. The number of carbonyl (C=O) groups excluding carboxylic acids is 1. The minimum Gasteiger partial charge on any atom is -0.508 e. The number of anilines is 1. The SMILES string of the molecule is CCC(O)c1ccc(F)cc1.CN1CC(c2ccc(-c3ccc(C4CC(O)[C@H](O)C(CO)O4)cc3)cc2O)N(c2ccc(-c3ccccc3)cc2)C1=O. The van der Waals surface area contributed by atoms with Gasteiger partial charge in [0.15, 0.2) is 0 Å². The normalized spacial score (nSPS) is 21.9. The van der Waals surface area contributed by atoms with Crippen molar-refractivity contribution in [3.63, 3.8) is 0 Å². The number of amides is 2. The summed E-state index contributed by atoms with van der Waals surface area (Å²) in [7, 11) is 1.76. The summed E-state index contributed by atoms with van der Waals surface area (Å²) < 4.78 is 18.2. The number of hydrogen-bond acceptors (Lipinski definition) is 7. The zero-order valence-electron chi connectivity index (χ0n) is 29.7. The fraction of sp³-hybridized carbons (Fsp3) is 0.279. The van der Waals surface area contributed by atoms with Crippen LogP contribution in [0.2, 0.25) is 0 Å². The van der Waals surface area contributed by atoms with Crippen molar-refractivity contribution in [2.24, 2.45) is 0 Å². The third-order valence-electron chi connectivity index (χ3n) is 9.94. The molecule has 7 rings (SSSR count). The fourth-order valence-electron chi connectivity index (χ4n) is 6.84. The largest absolute Gasteiger partial charge is 0.508 e. The number of halogens is 1. The second-order valence-electron chi connectivity index (χ2n) is 13.5. The van der Waals surface area contributed by atoms with Crippen molar-refractivity contribution in [1.29, 1.82) is 0 Å². The van der Waals surface area contributed by atoms with Gasteiger partial charge in [-0.2, -0.15) is 0 Å². The van der Waals surface area contributed by atoms with E-state index < -0.39 is 30.5 Å². The Labute approximate surface area is 308 Å². The molecule has 9 nitrogen and oxygen atoms in total. The molecule has 10 heteroatoms. The Balaban J connectivity index is 0.000000376. The Bertz CT molecular complexity index is 1960. The number of carbonyl (C=O) groups is 1. The number of benzene rings is 5. The minimum atomic E-state index is -1.12. The van der Waals surface area contributed by atoms with Crippen molar-refractivity contribution >= 4 is 11.7 Å². The molecule has 2 fully saturated rings. The van der Waals surface area contributed by atoms with Gasteiger partial charge in [0.2, 0.25) is 0 Å². The van der Waals surface area contributed by atoms with E-state index in [2.05, 4.69) is 0 Å². The van der Waals surface area contributed by atoms with Crippen molar-refractivity contribution in [2.75, 3.05) is 25.1 Å². The van der Waals surface area contributed by atoms with Crippen LogP contribution in [0.3, 0.4) is 0 Å². The smallest absolute Gasteiger partial charge is 0.324 e. The Kier molecular flexibility index (Phi) is 11.9. The van der Waals surface area contributed by atoms with E-state index in [1.807, 2.05) is 97.9 Å². The number of phenols is 1. The Hall–Kier alpha value is -5.10. The van der Waals surface area contributed by atoms with Gasteiger partial charge in [-0.3, -0.25) is 4.90 Å². The summed E-state index contributed by atoms with van der Waals surface area (Å²) in [5.74, 6) is -0.161. The highest BCUT2D eigenvalue weighted by atomic mass is 19.1. The van der Waals surface area contributed by atoms with Gasteiger partial charge in [0, 0.05) is 31.3 Å². The van der Waals surface area contributed by atoms with Crippen molar-refractivity contribution in [3.8, 4) is 28.0 Å². The van der Waals surface area contributed by atoms with Gasteiger partial charge in [-0.1, -0.05) is 97.9 Å². The van der Waals surface area contributed by atoms with Crippen LogP contribution in [0.5, 0.6) is 5.75 Å². The quantitative estimate of drug-likeness (QED) is 0.115. The van der Waals surface area contributed by atoms with Crippen LogP contribution in [-0.4, -0.2) is 75.0 Å². The van der Waals surface area contributed by atoms with Crippen LogP contribution in [0.25, 0.3) is 22.3 Å². The van der Waals surface area contributed by atoms with Gasteiger partial charge in [-0.25, -0.2) is 9.18 Å². The second kappa shape index (κ2) is 16.7. The number of rotatable bonds is 8. The number of aliphatic hydroxyl groups is 4. The van der Waals surface area contributed by atoms with Crippen molar-refractivity contribution < 1.29 is 39.5 Å². The maximum atomic E-state index is 13.2. The molecule has 5 aromatic carbocycles. The maximum absolute atomic E-state index is 13.2. The first kappa shape index (κ1) is 37.7. The summed E-state index contributed by atoms with van der Waals surface area (Å²) in [6, 6.07) is 36.5. The molecule has 0 saturated carbocycles. The van der Waals surface area contributed by atoms with Gasteiger partial charge in [-0.15, -0.1) is 0 Å². The second-order valence-corrected chi connectivity index (χ2v) is 13.5. The predicted molar refractivity (Wildman–Crippen MR) is 202 cm³/mol. The molecule has 53 heavy (non-hydrogen) atoms. The van der Waals surface area contributed by atoms with Crippen molar-refractivity contribution in [1.82, 2.24) is 4.90 Å². The molecule has 2 aliphatic rings. The summed E-state index contributed by atoms with van der Waals surface area (Å²) in [6.07, 6.45) is -2.96. The molecule has 2 amide bonds. The summed E-state index contributed by atoms with van der Waals surface area (Å²) >= 11 is 0. The van der Waals surface area contributed by atoms with Crippen LogP contribution in [0.15, 0.2) is 121 Å². The molecule has 276 valence electrons. The highest BCUT2D eigenvalue weighted by Crippen LogP contribution is 2.40. The van der Waals surface area contributed by atoms with Crippen LogP contribution in [-0.2, 0) is 4.74 Å². The number of aromatic hydroxyl groups is 1. The average Bonchev–Trinajstić information content (AvgIpc) is 3.49. The molecule has 0 bridgehead atoms. The molecule has 0 spiro atoms. The van der Waals surface area contributed by atoms with Crippen molar-refractivity contribution in [3.05, 3.63) is 144 Å². The van der Waals surface area contributed by atoms with E-state index in [4.69, 9.17) is 4.74 Å². The number of phenolic OH excluding ortho intramolecular Hbond substituents is 1. The Morgan fingerprint density at radius 3 is 2.06 bits per heavy atom. The van der Waals surface area contributed by atoms with E-state index >= 15 is 0 Å². The number of likely N-dealkylation sites (N-methyl/N-ethyl adjacent to an activating group) is 1. The van der Waals surface area contributed by atoms with Gasteiger partial charge in [0.05, 0.1) is 31.0 Å². The molecule has 5 aromatic rings. The minimum absolute atomic E-state index is 0.106. The number of aliphatic hydroxyl groups excluding tert-OH is 4. The van der Waals surface area contributed by atoms with Crippen LogP contribution in [0.4, 0.5) is 14.9 Å². The zero-order valence-corrected chi connectivity index (χ0v) is 29.7. The molecule has 0 aliphatic carbocycles. The monoisotopic (exact) mass is 720 g/mol. The zero-order chi connectivity index (χ0) is 37.6. The topological polar surface area (TPSA) is 134 Å². The van der Waals surface area contributed by atoms with Crippen LogP contribution in [0.1, 0.15) is 54.7 Å². The first-order valence-corrected chi connectivity index (χ1v) is 17.8. The predicted octanol–water partition coefficient (Wildman–Crippen LogP) is 7.15. The lowest BCUT2D eigenvalue weighted by Crippen LogP contribution is -2.47. The molecule has 0 aromatic heterocycles. The molecule has 0 radical (unpaired) electrons. The third kappa shape index (κ3) is 8.43. The van der Waals surface area contributed by atoms with Gasteiger partial charge in [-0.05, 0) is 70.1 Å². The molecule has 2 heterocycles. The molecule has 6 atom stereocenters. The van der Waals surface area contributed by atoms with Gasteiger partial charge < -0.3 is 35.2 Å². The van der Waals surface area contributed by atoms with Gasteiger partial charge in [0.1, 0.15) is 23.8 Å². The van der Waals surface area contributed by atoms with Crippen LogP contribution in [0, 0.1) is 5.82 Å². The van der Waals surface area contributed by atoms with E-state index in [-0.39, 0.29) is 36.7 Å². The summed E-state index contributed by atoms with van der Waals surface area (Å²) in [4.78, 5) is 16.6. The summed E-state index contributed by atoms with van der Waals surface area (Å²) in [5, 5.41) is 50.1. The van der Waals surface area contributed by atoms with E-state index in [1.54, 1.807) is 35.0 Å². The lowest BCUT2D eigenvalue weighted by atomic mass is 9.92. The van der Waals surface area contributed by atoms with Gasteiger partial charge >= 0.3 is 6.03 Å². The number of urea groups is 1. The number of hydrogen-bond donors (Lipinski definition) is 5. The molecular formula is C43H45FN2O7. The lowest BCUT2D eigenvalue weighted by molar-refractivity contribution is -0.181. The maximum Gasteiger partial charge on any atom is 0.324 e. The van der Waals surface area contributed by atoms with Gasteiger partial charge in [0.25, 0.3) is 0 Å². The van der Waals surface area contributed by atoms with E-state index in [9.17, 15) is 34.7 Å². The summed E-state index contributed by atoms with van der Waals surface area (Å²) in [5.41, 5.74) is 6.88.